The molecule has 0 aromatic heterocycles. The highest BCUT2D eigenvalue weighted by atomic mass is 16.5. The number of rotatable bonds is 4. The molecule has 0 unspecified atom stereocenters. The molecule has 0 aliphatic carbocycles. The molecule has 0 saturated heterocycles. The summed E-state index contributed by atoms with van der Waals surface area (Å²) in [6.45, 7) is 2.82. The summed E-state index contributed by atoms with van der Waals surface area (Å²) in [6, 6.07) is 0. The molecule has 0 heterocycles. The summed E-state index contributed by atoms with van der Waals surface area (Å²) in [4.78, 5) is 0. The van der Waals surface area contributed by atoms with Crippen LogP contribution < -0.4 is 0 Å². The van der Waals surface area contributed by atoms with E-state index in [1.165, 1.54) is 6.26 Å². The van der Waals surface area contributed by atoms with E-state index in [0.29, 0.717) is 0 Å². The van der Waals surface area contributed by atoms with Gasteiger partial charge in [0.2, 0.25) is 0 Å². The fraction of sp³-hybridized carbons (Fsp3) is 0.667. The summed E-state index contributed by atoms with van der Waals surface area (Å²) < 4.78 is 9.50. The van der Waals surface area contributed by atoms with E-state index in [4.69, 9.17) is 4.74 Å². The third-order valence-electron chi connectivity index (χ3n) is 0.610. The number of methoxy groups -OCH3 is 1. The summed E-state index contributed by atoms with van der Waals surface area (Å²) in [7, 11) is 1.59. The highest BCUT2D eigenvalue weighted by Crippen LogP contribution is 1.80. The first kappa shape index (κ1) is 7.34. The van der Waals surface area contributed by atoms with E-state index in [1.54, 1.807) is 13.4 Å². The highest BCUT2D eigenvalue weighted by molar-refractivity contribution is 4.58. The molecular formula is C6H12O2. The standard InChI is InChI=1S/C6H12O2/c1-3-4-8-6-5-7-2/h5-6H,3-4H2,1-2H3/b6-5-. The SMILES string of the molecule is CCCO/C=C\OC. The summed E-state index contributed by atoms with van der Waals surface area (Å²) in [5, 5.41) is 0. The lowest BCUT2D eigenvalue weighted by Crippen LogP contribution is -1.81. The summed E-state index contributed by atoms with van der Waals surface area (Å²) in [5.74, 6) is 0. The number of ether oxygens (including phenoxy) is 2. The molecule has 0 aromatic rings. The molecule has 0 saturated carbocycles. The first-order valence-electron chi connectivity index (χ1n) is 2.71. The van der Waals surface area contributed by atoms with E-state index in [-0.39, 0.29) is 0 Å². The van der Waals surface area contributed by atoms with Crippen LogP contribution in [0.4, 0.5) is 0 Å². The van der Waals surface area contributed by atoms with Crippen molar-refractivity contribution in [3.05, 3.63) is 12.5 Å². The zero-order valence-electron chi connectivity index (χ0n) is 5.39. The lowest BCUT2D eigenvalue weighted by atomic mass is 10.5. The van der Waals surface area contributed by atoms with Gasteiger partial charge in [-0.05, 0) is 6.42 Å². The van der Waals surface area contributed by atoms with Gasteiger partial charge in [-0.1, -0.05) is 6.92 Å². The average molecular weight is 116 g/mol. The Kier molecular flexibility index (Phi) is 5.82. The first-order valence-corrected chi connectivity index (χ1v) is 2.71. The maximum absolute atomic E-state index is 4.92. The van der Waals surface area contributed by atoms with Gasteiger partial charge < -0.3 is 9.47 Å². The molecule has 0 N–H and O–H groups in total. The van der Waals surface area contributed by atoms with Gasteiger partial charge in [-0.15, -0.1) is 0 Å². The van der Waals surface area contributed by atoms with Crippen LogP contribution in [-0.4, -0.2) is 13.7 Å². The maximum atomic E-state index is 4.92. The van der Waals surface area contributed by atoms with Gasteiger partial charge in [0.15, 0.2) is 0 Å². The normalized spacial score (nSPS) is 9.75. The second-order valence-electron chi connectivity index (χ2n) is 1.38. The van der Waals surface area contributed by atoms with Gasteiger partial charge in [-0.2, -0.15) is 0 Å². The Hall–Kier alpha value is -0.660. The van der Waals surface area contributed by atoms with Crippen molar-refractivity contribution in [3.63, 3.8) is 0 Å². The van der Waals surface area contributed by atoms with E-state index in [2.05, 4.69) is 11.7 Å². The molecule has 0 fully saturated rings. The Labute approximate surface area is 50.1 Å². The molecular weight excluding hydrogens is 104 g/mol. The second kappa shape index (κ2) is 6.34. The molecule has 0 bridgehead atoms. The van der Waals surface area contributed by atoms with Crippen molar-refractivity contribution in [2.24, 2.45) is 0 Å². The fourth-order valence-corrected chi connectivity index (χ4v) is 0.281. The molecule has 2 nitrogen and oxygen atoms in total. The van der Waals surface area contributed by atoms with Gasteiger partial charge in [0.25, 0.3) is 0 Å². The molecule has 2 heteroatoms. The number of hydrogen-bond donors (Lipinski definition) is 0. The van der Waals surface area contributed by atoms with Crippen LogP contribution in [0.5, 0.6) is 0 Å². The quantitative estimate of drug-likeness (QED) is 0.409. The zero-order valence-corrected chi connectivity index (χ0v) is 5.39. The van der Waals surface area contributed by atoms with Crippen molar-refractivity contribution < 1.29 is 9.47 Å². The summed E-state index contributed by atoms with van der Waals surface area (Å²) >= 11 is 0. The average Bonchev–Trinajstić information content (AvgIpc) is 1.81. The zero-order chi connectivity index (χ0) is 6.24. The van der Waals surface area contributed by atoms with Crippen molar-refractivity contribution in [1.82, 2.24) is 0 Å². The van der Waals surface area contributed by atoms with Crippen LogP contribution in [0.3, 0.4) is 0 Å². The van der Waals surface area contributed by atoms with Gasteiger partial charge in [0.1, 0.15) is 12.5 Å². The molecule has 0 spiro atoms. The molecule has 0 atom stereocenters. The van der Waals surface area contributed by atoms with Gasteiger partial charge in [0.05, 0.1) is 13.7 Å². The summed E-state index contributed by atoms with van der Waals surface area (Å²) in [5.41, 5.74) is 0. The van der Waals surface area contributed by atoms with Crippen molar-refractivity contribution in [1.29, 1.82) is 0 Å². The smallest absolute Gasteiger partial charge is 0.117 e. The van der Waals surface area contributed by atoms with E-state index in [1.807, 2.05) is 0 Å². The molecule has 0 aromatic carbocycles. The second-order valence-corrected chi connectivity index (χ2v) is 1.38. The van der Waals surface area contributed by atoms with Gasteiger partial charge in [-0.25, -0.2) is 0 Å². The minimum atomic E-state index is 0.764. The van der Waals surface area contributed by atoms with Crippen LogP contribution in [-0.2, 0) is 9.47 Å². The van der Waals surface area contributed by atoms with E-state index >= 15 is 0 Å². The van der Waals surface area contributed by atoms with E-state index < -0.39 is 0 Å². The lowest BCUT2D eigenvalue weighted by molar-refractivity contribution is 0.228. The molecule has 48 valence electrons. The first-order chi connectivity index (χ1) is 3.91. The van der Waals surface area contributed by atoms with Gasteiger partial charge in [-0.3, -0.25) is 0 Å². The monoisotopic (exact) mass is 116 g/mol. The van der Waals surface area contributed by atoms with Crippen LogP contribution in [0.15, 0.2) is 12.5 Å². The van der Waals surface area contributed by atoms with Crippen molar-refractivity contribution in [2.75, 3.05) is 13.7 Å². The summed E-state index contributed by atoms with van der Waals surface area (Å²) in [6.07, 6.45) is 4.09. The lowest BCUT2D eigenvalue weighted by Gasteiger charge is -1.93. The van der Waals surface area contributed by atoms with Crippen LogP contribution >= 0.6 is 0 Å². The van der Waals surface area contributed by atoms with E-state index in [9.17, 15) is 0 Å². The molecule has 0 aliphatic heterocycles. The molecule has 0 amide bonds. The van der Waals surface area contributed by atoms with Crippen LogP contribution in [0.2, 0.25) is 0 Å². The van der Waals surface area contributed by atoms with Gasteiger partial charge in [0, 0.05) is 0 Å². The minimum Gasteiger partial charge on any atom is -0.501 e. The Morgan fingerprint density at radius 2 is 2.12 bits per heavy atom. The Morgan fingerprint density at radius 3 is 2.62 bits per heavy atom. The topological polar surface area (TPSA) is 18.5 Å². The van der Waals surface area contributed by atoms with Crippen molar-refractivity contribution in [2.45, 2.75) is 13.3 Å². The Bertz CT molecular complexity index is 59.5. The molecule has 8 heavy (non-hydrogen) atoms. The van der Waals surface area contributed by atoms with Crippen LogP contribution in [0.1, 0.15) is 13.3 Å². The molecule has 0 aliphatic rings. The fourth-order valence-electron chi connectivity index (χ4n) is 0.281. The number of hydrogen-bond acceptors (Lipinski definition) is 2. The minimum absolute atomic E-state index is 0.764. The molecule has 0 rings (SSSR count). The van der Waals surface area contributed by atoms with Crippen molar-refractivity contribution in [3.8, 4) is 0 Å². The largest absolute Gasteiger partial charge is 0.501 e. The van der Waals surface area contributed by atoms with Crippen LogP contribution in [0.25, 0.3) is 0 Å². The van der Waals surface area contributed by atoms with Crippen molar-refractivity contribution >= 4 is 0 Å². The Balaban J connectivity index is 2.80. The third-order valence-corrected chi connectivity index (χ3v) is 0.610. The highest BCUT2D eigenvalue weighted by Gasteiger charge is 1.72. The molecule has 0 radical (unpaired) electrons. The van der Waals surface area contributed by atoms with E-state index in [0.717, 1.165) is 13.0 Å². The predicted molar refractivity (Wildman–Crippen MR) is 32.4 cm³/mol. The Morgan fingerprint density at radius 1 is 1.38 bits per heavy atom. The maximum Gasteiger partial charge on any atom is 0.117 e. The third kappa shape index (κ3) is 5.34. The van der Waals surface area contributed by atoms with Crippen LogP contribution in [0, 0.1) is 0 Å². The van der Waals surface area contributed by atoms with Gasteiger partial charge >= 0.3 is 0 Å². The predicted octanol–water partition coefficient (Wildman–Crippen LogP) is 1.53.